The Morgan fingerprint density at radius 2 is 1.95 bits per heavy atom. The van der Waals surface area contributed by atoms with Gasteiger partial charge in [0.1, 0.15) is 11.5 Å². The molecule has 0 saturated heterocycles. The SMILES string of the molecule is COc1ccc(C(=O)Cn2ccccc2=O)c(OC)c1. The molecule has 0 aliphatic rings. The van der Waals surface area contributed by atoms with E-state index in [0.717, 1.165) is 0 Å². The van der Waals surface area contributed by atoms with Crippen LogP contribution in [0.15, 0.2) is 47.4 Å². The highest BCUT2D eigenvalue weighted by atomic mass is 16.5. The van der Waals surface area contributed by atoms with Gasteiger partial charge in [-0.25, -0.2) is 0 Å². The van der Waals surface area contributed by atoms with Crippen molar-refractivity contribution < 1.29 is 14.3 Å². The van der Waals surface area contributed by atoms with Crippen LogP contribution in [0, 0.1) is 0 Å². The third-order valence-electron chi connectivity index (χ3n) is 2.92. The molecule has 20 heavy (non-hydrogen) atoms. The lowest BCUT2D eigenvalue weighted by atomic mass is 10.1. The molecule has 0 aliphatic carbocycles. The fourth-order valence-corrected chi connectivity index (χ4v) is 1.86. The number of carbonyl (C=O) groups is 1. The normalized spacial score (nSPS) is 10.1. The van der Waals surface area contributed by atoms with Gasteiger partial charge in [-0.1, -0.05) is 6.07 Å². The van der Waals surface area contributed by atoms with Gasteiger partial charge in [-0.05, 0) is 18.2 Å². The maximum absolute atomic E-state index is 12.3. The molecule has 0 amide bonds. The van der Waals surface area contributed by atoms with Crippen LogP contribution in [0.4, 0.5) is 0 Å². The second-order valence-electron chi connectivity index (χ2n) is 4.16. The number of Topliss-reactive ketones (excluding diaryl/α,β-unsaturated/α-hetero) is 1. The fourth-order valence-electron chi connectivity index (χ4n) is 1.86. The molecule has 0 aliphatic heterocycles. The van der Waals surface area contributed by atoms with Crippen LogP contribution in [0.3, 0.4) is 0 Å². The van der Waals surface area contributed by atoms with E-state index in [9.17, 15) is 9.59 Å². The maximum atomic E-state index is 12.3. The van der Waals surface area contributed by atoms with Crippen molar-refractivity contribution in [3.05, 3.63) is 58.5 Å². The van der Waals surface area contributed by atoms with E-state index in [4.69, 9.17) is 9.47 Å². The Kier molecular flexibility index (Phi) is 4.20. The molecule has 0 unspecified atom stereocenters. The van der Waals surface area contributed by atoms with Crippen molar-refractivity contribution in [1.82, 2.24) is 4.57 Å². The number of hydrogen-bond donors (Lipinski definition) is 0. The highest BCUT2D eigenvalue weighted by molar-refractivity contribution is 5.98. The first-order valence-electron chi connectivity index (χ1n) is 6.06. The summed E-state index contributed by atoms with van der Waals surface area (Å²) < 4.78 is 11.6. The van der Waals surface area contributed by atoms with Gasteiger partial charge >= 0.3 is 0 Å². The number of ether oxygens (including phenoxy) is 2. The zero-order valence-electron chi connectivity index (χ0n) is 11.3. The predicted molar refractivity (Wildman–Crippen MR) is 74.6 cm³/mol. The Hall–Kier alpha value is -2.56. The fraction of sp³-hybridized carbons (Fsp3) is 0.200. The van der Waals surface area contributed by atoms with Crippen LogP contribution in [0.25, 0.3) is 0 Å². The van der Waals surface area contributed by atoms with Crippen LogP contribution in [0.5, 0.6) is 11.5 Å². The van der Waals surface area contributed by atoms with E-state index in [1.165, 1.54) is 17.7 Å². The Bertz CT molecular complexity index is 676. The van der Waals surface area contributed by atoms with E-state index < -0.39 is 0 Å². The summed E-state index contributed by atoms with van der Waals surface area (Å²) in [4.78, 5) is 23.9. The summed E-state index contributed by atoms with van der Waals surface area (Å²) in [5, 5.41) is 0. The van der Waals surface area contributed by atoms with E-state index >= 15 is 0 Å². The molecular weight excluding hydrogens is 258 g/mol. The zero-order chi connectivity index (χ0) is 14.5. The van der Waals surface area contributed by atoms with Gasteiger partial charge in [0.25, 0.3) is 5.56 Å². The van der Waals surface area contributed by atoms with Crippen molar-refractivity contribution in [1.29, 1.82) is 0 Å². The molecule has 0 fully saturated rings. The molecule has 1 heterocycles. The molecule has 5 heteroatoms. The number of methoxy groups -OCH3 is 2. The molecule has 0 radical (unpaired) electrons. The Morgan fingerprint density at radius 3 is 2.60 bits per heavy atom. The van der Waals surface area contributed by atoms with Gasteiger partial charge in [0, 0.05) is 18.3 Å². The van der Waals surface area contributed by atoms with E-state index in [1.54, 1.807) is 43.6 Å². The summed E-state index contributed by atoms with van der Waals surface area (Å²) in [5.41, 5.74) is 0.206. The molecule has 0 spiro atoms. The molecule has 5 nitrogen and oxygen atoms in total. The average molecular weight is 273 g/mol. The van der Waals surface area contributed by atoms with Gasteiger partial charge in [-0.15, -0.1) is 0 Å². The number of rotatable bonds is 5. The van der Waals surface area contributed by atoms with Gasteiger partial charge in [-0.3, -0.25) is 9.59 Å². The first-order chi connectivity index (χ1) is 9.65. The molecule has 2 aromatic rings. The van der Waals surface area contributed by atoms with Crippen LogP contribution in [-0.2, 0) is 6.54 Å². The predicted octanol–water partition coefficient (Wildman–Crippen LogP) is 1.75. The van der Waals surface area contributed by atoms with Crippen LogP contribution in [0.2, 0.25) is 0 Å². The molecule has 0 bridgehead atoms. The summed E-state index contributed by atoms with van der Waals surface area (Å²) in [5.74, 6) is 0.839. The van der Waals surface area contributed by atoms with E-state index in [2.05, 4.69) is 0 Å². The minimum absolute atomic E-state index is 0.0254. The third-order valence-corrected chi connectivity index (χ3v) is 2.92. The van der Waals surface area contributed by atoms with Crippen molar-refractivity contribution in [3.8, 4) is 11.5 Å². The Morgan fingerprint density at radius 1 is 1.15 bits per heavy atom. The number of pyridine rings is 1. The number of nitrogens with zero attached hydrogens (tertiary/aromatic N) is 1. The summed E-state index contributed by atoms with van der Waals surface area (Å²) in [6.45, 7) is -0.0254. The molecule has 2 rings (SSSR count). The molecular formula is C15H15NO4. The van der Waals surface area contributed by atoms with Gasteiger partial charge in [-0.2, -0.15) is 0 Å². The average Bonchev–Trinajstić information content (AvgIpc) is 2.48. The number of hydrogen-bond acceptors (Lipinski definition) is 4. The van der Waals surface area contributed by atoms with Crippen molar-refractivity contribution in [2.75, 3.05) is 14.2 Å². The highest BCUT2D eigenvalue weighted by Gasteiger charge is 2.14. The van der Waals surface area contributed by atoms with E-state index in [1.807, 2.05) is 0 Å². The van der Waals surface area contributed by atoms with E-state index in [0.29, 0.717) is 17.1 Å². The molecule has 104 valence electrons. The van der Waals surface area contributed by atoms with Crippen molar-refractivity contribution in [2.45, 2.75) is 6.54 Å². The monoisotopic (exact) mass is 273 g/mol. The van der Waals surface area contributed by atoms with E-state index in [-0.39, 0.29) is 17.9 Å². The summed E-state index contributed by atoms with van der Waals surface area (Å²) in [7, 11) is 3.03. The zero-order valence-corrected chi connectivity index (χ0v) is 11.3. The van der Waals surface area contributed by atoms with Crippen LogP contribution >= 0.6 is 0 Å². The van der Waals surface area contributed by atoms with Gasteiger partial charge < -0.3 is 14.0 Å². The topological polar surface area (TPSA) is 57.5 Å². The summed E-state index contributed by atoms with van der Waals surface area (Å²) in [6, 6.07) is 9.72. The second kappa shape index (κ2) is 6.06. The quantitative estimate of drug-likeness (QED) is 0.779. The number of aromatic nitrogens is 1. The lowest BCUT2D eigenvalue weighted by Gasteiger charge is -2.10. The molecule has 1 aromatic carbocycles. The smallest absolute Gasteiger partial charge is 0.250 e. The number of ketones is 1. The van der Waals surface area contributed by atoms with Crippen LogP contribution in [0.1, 0.15) is 10.4 Å². The third kappa shape index (κ3) is 2.88. The van der Waals surface area contributed by atoms with Crippen molar-refractivity contribution in [2.24, 2.45) is 0 Å². The highest BCUT2D eigenvalue weighted by Crippen LogP contribution is 2.25. The summed E-state index contributed by atoms with van der Waals surface area (Å²) >= 11 is 0. The van der Waals surface area contributed by atoms with Gasteiger partial charge in [0.15, 0.2) is 5.78 Å². The number of benzene rings is 1. The van der Waals surface area contributed by atoms with Crippen molar-refractivity contribution >= 4 is 5.78 Å². The van der Waals surface area contributed by atoms with Crippen molar-refractivity contribution in [3.63, 3.8) is 0 Å². The maximum Gasteiger partial charge on any atom is 0.250 e. The first-order valence-corrected chi connectivity index (χ1v) is 6.06. The summed E-state index contributed by atoms with van der Waals surface area (Å²) in [6.07, 6.45) is 1.58. The minimum Gasteiger partial charge on any atom is -0.497 e. The second-order valence-corrected chi connectivity index (χ2v) is 4.16. The molecule has 1 aromatic heterocycles. The first kappa shape index (κ1) is 13.9. The van der Waals surface area contributed by atoms with Crippen LogP contribution in [-0.4, -0.2) is 24.6 Å². The van der Waals surface area contributed by atoms with Gasteiger partial charge in [0.2, 0.25) is 0 Å². The van der Waals surface area contributed by atoms with Gasteiger partial charge in [0.05, 0.1) is 26.3 Å². The molecule has 0 N–H and O–H groups in total. The number of carbonyl (C=O) groups excluding carboxylic acids is 1. The Balaban J connectivity index is 2.30. The molecule has 0 saturated carbocycles. The largest absolute Gasteiger partial charge is 0.497 e. The lowest BCUT2D eigenvalue weighted by Crippen LogP contribution is -2.22. The van der Waals surface area contributed by atoms with Crippen LogP contribution < -0.4 is 15.0 Å². The Labute approximate surface area is 116 Å². The lowest BCUT2D eigenvalue weighted by molar-refractivity contribution is 0.0968. The standard InChI is InChI=1S/C15H15NO4/c1-19-11-6-7-12(14(9-11)20-2)13(17)10-16-8-4-3-5-15(16)18/h3-9H,10H2,1-2H3. The molecule has 0 atom stereocenters. The minimum atomic E-state index is -0.215.